The first-order valence-corrected chi connectivity index (χ1v) is 31.2. The van der Waals surface area contributed by atoms with Crippen molar-refractivity contribution in [1.29, 1.82) is 0 Å². The Kier molecular flexibility index (Phi) is 16.7. The molecule has 5 heteroatoms. The molecular weight excluding hydrogens is 1070 g/mol. The van der Waals surface area contributed by atoms with Crippen molar-refractivity contribution < 1.29 is 0 Å². The molecule has 0 bridgehead atoms. The number of nitrogens with zero attached hydrogens (tertiary/aromatic N) is 3. The molecule has 1 unspecified atom stereocenters. The summed E-state index contributed by atoms with van der Waals surface area (Å²) in [6.07, 6.45) is 14.6. The third-order valence-corrected chi connectivity index (χ3v) is 17.7. The molecule has 0 radical (unpaired) electrons. The van der Waals surface area contributed by atoms with E-state index >= 15 is 0 Å². The molecule has 13 rings (SSSR count). The van der Waals surface area contributed by atoms with Crippen LogP contribution in [0, 0.1) is 5.92 Å². The van der Waals surface area contributed by atoms with Gasteiger partial charge < -0.3 is 9.88 Å². The highest BCUT2D eigenvalue weighted by Crippen LogP contribution is 2.49. The lowest BCUT2D eigenvalue weighted by molar-refractivity contribution is 0.508. The largest absolute Gasteiger partial charge is 0.373 e. The zero-order chi connectivity index (χ0) is 58.9. The van der Waals surface area contributed by atoms with Crippen LogP contribution in [0.3, 0.4) is 0 Å². The van der Waals surface area contributed by atoms with Gasteiger partial charge in [0.15, 0.2) is 5.84 Å². The summed E-state index contributed by atoms with van der Waals surface area (Å²) in [6.45, 7) is 6.75. The average molecular weight is 1140 g/mol. The van der Waals surface area contributed by atoms with Crippen molar-refractivity contribution in [2.45, 2.75) is 32.6 Å². The minimum absolute atomic E-state index is 0.313. The first-order chi connectivity index (χ1) is 43.0. The molecule has 1 N–H and O–H groups in total. The summed E-state index contributed by atoms with van der Waals surface area (Å²) >= 11 is 1.82. The van der Waals surface area contributed by atoms with Crippen molar-refractivity contribution in [3.63, 3.8) is 0 Å². The number of fused-ring (bicyclic) bond motifs is 6. The van der Waals surface area contributed by atoms with Crippen molar-refractivity contribution >= 4 is 65.0 Å². The SMILES string of the molecule is C=C/C=C\CCC(C/C=C\CC)C/N=C(\N=C(/NC)c1cc(-c2ccccc2)c(-n2c3c(-c4ccccc4)cc(-c4ccccc4)cc3c3cc(-c4ccccc4)cc(-c4ccccc4)c32)c(-c2ccccc2)c1)c1ccc2c(c1)sc1ccccc12. The molecule has 87 heavy (non-hydrogen) atoms. The Balaban J connectivity index is 1.13. The Hall–Kier alpha value is -10.2. The molecule has 1 atom stereocenters. The molecular formula is C82H68N4S. The van der Waals surface area contributed by atoms with Crippen LogP contribution in [-0.2, 0) is 0 Å². The van der Waals surface area contributed by atoms with E-state index in [0.29, 0.717) is 18.3 Å². The lowest BCUT2D eigenvalue weighted by Crippen LogP contribution is -2.22. The van der Waals surface area contributed by atoms with Crippen molar-refractivity contribution in [3.05, 3.63) is 309 Å². The van der Waals surface area contributed by atoms with Gasteiger partial charge in [-0.1, -0.05) is 256 Å². The van der Waals surface area contributed by atoms with Gasteiger partial charge in [0, 0.05) is 77.9 Å². The van der Waals surface area contributed by atoms with Gasteiger partial charge in [0.1, 0.15) is 5.84 Å². The minimum Gasteiger partial charge on any atom is -0.373 e. The predicted molar refractivity (Wildman–Crippen MR) is 376 cm³/mol. The Morgan fingerprint density at radius 2 is 0.954 bits per heavy atom. The Labute approximate surface area is 515 Å². The molecule has 0 spiro atoms. The number of aliphatic imine (C=N–C) groups is 2. The van der Waals surface area contributed by atoms with Crippen molar-refractivity contribution in [2.75, 3.05) is 13.6 Å². The van der Waals surface area contributed by atoms with Crippen LogP contribution in [0.2, 0.25) is 0 Å². The van der Waals surface area contributed by atoms with Crippen LogP contribution in [0.1, 0.15) is 43.7 Å². The number of hydrogen-bond donors (Lipinski definition) is 1. The van der Waals surface area contributed by atoms with E-state index in [1.54, 1.807) is 0 Å². The second kappa shape index (κ2) is 26.0. The maximum atomic E-state index is 5.73. The number of thiophene rings is 1. The monoisotopic (exact) mass is 1140 g/mol. The first-order valence-electron chi connectivity index (χ1n) is 30.4. The number of rotatable bonds is 18. The zero-order valence-corrected chi connectivity index (χ0v) is 50.1. The van der Waals surface area contributed by atoms with Crippen LogP contribution in [0.4, 0.5) is 0 Å². The van der Waals surface area contributed by atoms with Gasteiger partial charge in [0.05, 0.1) is 16.7 Å². The van der Waals surface area contributed by atoms with Crippen molar-refractivity contribution in [1.82, 2.24) is 9.88 Å². The lowest BCUT2D eigenvalue weighted by atomic mass is 9.91. The van der Waals surface area contributed by atoms with Gasteiger partial charge in [0.25, 0.3) is 0 Å². The third kappa shape index (κ3) is 11.7. The molecule has 0 aliphatic rings. The van der Waals surface area contributed by atoms with Gasteiger partial charge in [-0.2, -0.15) is 0 Å². The highest BCUT2D eigenvalue weighted by Gasteiger charge is 2.28. The first kappa shape index (κ1) is 56.0. The Morgan fingerprint density at radius 1 is 0.471 bits per heavy atom. The van der Waals surface area contributed by atoms with Crippen LogP contribution in [0.5, 0.6) is 0 Å². The van der Waals surface area contributed by atoms with E-state index < -0.39 is 0 Å². The second-order valence-electron chi connectivity index (χ2n) is 22.2. The standard InChI is InChI=1S/C82H68N4S/c1-4-6-8-16-32-57(31-15-7-5-2)56-84-82(64-47-48-69-68-45-29-30-46-76(68)87-77(69)55-64)85-81(83-3)67-53-72(62-41-25-13-26-42-62)78(73(54-67)63-43-27-14-28-44-63)86-79-70(60-37-21-11-22-38-60)49-65(58-33-17-9-18-34-58)51-74(79)75-52-66(59-35-19-10-20-36-59)50-71(80(75)86)61-39-23-12-24-40-61/h4,6-15,17-30,33-55,57H,1,5,16,31-32,56H2,2-3H3,(H,83,84,85)/b8-6-,15-7-. The summed E-state index contributed by atoms with van der Waals surface area (Å²) < 4.78 is 5.10. The molecule has 422 valence electrons. The van der Waals surface area contributed by atoms with Crippen LogP contribution in [0.15, 0.2) is 308 Å². The number of aromatic nitrogens is 1. The van der Waals surface area contributed by atoms with E-state index in [1.165, 1.54) is 20.2 Å². The van der Waals surface area contributed by atoms with Crippen LogP contribution >= 0.6 is 11.3 Å². The summed E-state index contributed by atoms with van der Waals surface area (Å²) in [5, 5.41) is 8.50. The Bertz CT molecular complexity index is 4490. The second-order valence-corrected chi connectivity index (χ2v) is 23.3. The molecule has 2 aromatic heterocycles. The van der Waals surface area contributed by atoms with Gasteiger partial charge in [-0.25, -0.2) is 4.99 Å². The van der Waals surface area contributed by atoms with E-state index in [9.17, 15) is 0 Å². The number of amidine groups is 2. The molecule has 0 aliphatic heterocycles. The molecule has 2 heterocycles. The molecule has 4 nitrogen and oxygen atoms in total. The topological polar surface area (TPSA) is 41.7 Å². The summed E-state index contributed by atoms with van der Waals surface area (Å²) in [7, 11) is 1.99. The molecule has 11 aromatic carbocycles. The third-order valence-electron chi connectivity index (χ3n) is 16.6. The molecule has 13 aromatic rings. The van der Waals surface area contributed by atoms with Gasteiger partial charge in [-0.15, -0.1) is 11.3 Å². The number of nitrogens with one attached hydrogen (secondary N) is 1. The molecule has 0 saturated carbocycles. The molecule has 0 saturated heterocycles. The minimum atomic E-state index is 0.313. The fourth-order valence-corrected chi connectivity index (χ4v) is 13.5. The summed E-state index contributed by atoms with van der Waals surface area (Å²) in [5.41, 5.74) is 18.7. The molecule has 0 amide bonds. The van der Waals surface area contributed by atoms with Crippen molar-refractivity contribution in [3.8, 4) is 72.4 Å². The van der Waals surface area contributed by atoms with Crippen LogP contribution < -0.4 is 5.32 Å². The van der Waals surface area contributed by atoms with E-state index in [1.807, 2.05) is 30.5 Å². The highest BCUT2D eigenvalue weighted by atomic mass is 32.1. The lowest BCUT2D eigenvalue weighted by Gasteiger charge is -2.23. The number of hydrogen-bond acceptors (Lipinski definition) is 2. The van der Waals surface area contributed by atoms with E-state index in [4.69, 9.17) is 9.98 Å². The molecule has 0 fully saturated rings. The molecule has 0 aliphatic carbocycles. The van der Waals surface area contributed by atoms with E-state index in [0.717, 1.165) is 137 Å². The maximum Gasteiger partial charge on any atom is 0.157 e. The predicted octanol–water partition coefficient (Wildman–Crippen LogP) is 22.1. The van der Waals surface area contributed by atoms with Gasteiger partial charge >= 0.3 is 0 Å². The van der Waals surface area contributed by atoms with Crippen LogP contribution in [-0.4, -0.2) is 29.8 Å². The van der Waals surface area contributed by atoms with Gasteiger partial charge in [-0.3, -0.25) is 4.99 Å². The number of benzene rings is 11. The van der Waals surface area contributed by atoms with E-state index in [-0.39, 0.29) is 0 Å². The smallest absolute Gasteiger partial charge is 0.157 e. The summed E-state index contributed by atoms with van der Waals surface area (Å²) in [6, 6.07) is 95.3. The zero-order valence-electron chi connectivity index (χ0n) is 49.3. The normalized spacial score (nSPS) is 12.5. The fourth-order valence-electron chi connectivity index (χ4n) is 12.4. The van der Waals surface area contributed by atoms with E-state index in [2.05, 4.69) is 302 Å². The van der Waals surface area contributed by atoms with Crippen molar-refractivity contribution in [2.24, 2.45) is 15.9 Å². The fraction of sp³-hybridized carbons (Fsp3) is 0.0976. The summed E-state index contributed by atoms with van der Waals surface area (Å²) in [4.78, 5) is 11.3. The van der Waals surface area contributed by atoms with Gasteiger partial charge in [0.2, 0.25) is 0 Å². The maximum absolute atomic E-state index is 5.73. The van der Waals surface area contributed by atoms with Gasteiger partial charge in [-0.05, 0) is 125 Å². The Morgan fingerprint density at radius 3 is 1.46 bits per heavy atom. The van der Waals surface area contributed by atoms with Crippen LogP contribution in [0.25, 0.3) is 114 Å². The summed E-state index contributed by atoms with van der Waals surface area (Å²) in [5.74, 6) is 1.73. The number of allylic oxidation sites excluding steroid dienone is 5. The quantitative estimate of drug-likeness (QED) is 0.0396. The average Bonchev–Trinajstić information content (AvgIpc) is 1.64. The highest BCUT2D eigenvalue weighted by molar-refractivity contribution is 7.25.